The molecular formula is C7H2ClF2IN2O2S. The Morgan fingerprint density at radius 3 is 2.50 bits per heavy atom. The number of aromatic nitrogens is 1. The Morgan fingerprint density at radius 2 is 2.12 bits per heavy atom. The highest BCUT2D eigenvalue weighted by Crippen LogP contribution is 2.27. The number of nitrogens with zero attached hydrogens (tertiary/aromatic N) is 2. The molecule has 4 nitrogen and oxygen atoms in total. The molecule has 0 aliphatic rings. The highest BCUT2D eigenvalue weighted by Gasteiger charge is 2.23. The zero-order chi connectivity index (χ0) is 12.5. The standard InChI is InChI=1S/C7H2ClF2IN2O2S/c8-16(14,15)7-4(11)1-3(2-12)5(13-7)6(9)10/h1,6H. The number of hydrogen-bond donors (Lipinski definition) is 0. The normalized spacial score (nSPS) is 11.5. The summed E-state index contributed by atoms with van der Waals surface area (Å²) in [5.41, 5.74) is -1.26. The molecule has 0 aliphatic carbocycles. The summed E-state index contributed by atoms with van der Waals surface area (Å²) in [7, 11) is 0.810. The van der Waals surface area contributed by atoms with Crippen LogP contribution in [0.2, 0.25) is 0 Å². The van der Waals surface area contributed by atoms with Crippen molar-refractivity contribution in [3.63, 3.8) is 0 Å². The van der Waals surface area contributed by atoms with Gasteiger partial charge in [0.25, 0.3) is 15.5 Å². The van der Waals surface area contributed by atoms with Crippen LogP contribution in [0.1, 0.15) is 17.7 Å². The number of pyridine rings is 1. The smallest absolute Gasteiger partial charge is 0.232 e. The average molecular weight is 379 g/mol. The van der Waals surface area contributed by atoms with Gasteiger partial charge in [-0.2, -0.15) is 5.26 Å². The Hall–Kier alpha value is -0.530. The maximum atomic E-state index is 12.5. The molecule has 1 rings (SSSR count). The van der Waals surface area contributed by atoms with Gasteiger partial charge in [0, 0.05) is 10.7 Å². The minimum absolute atomic E-state index is 0.0218. The first-order valence-electron chi connectivity index (χ1n) is 3.60. The maximum Gasteiger partial charge on any atom is 0.281 e. The molecule has 0 aliphatic heterocycles. The minimum atomic E-state index is -4.20. The fourth-order valence-corrected chi connectivity index (χ4v) is 3.46. The van der Waals surface area contributed by atoms with E-state index in [-0.39, 0.29) is 9.13 Å². The quantitative estimate of drug-likeness (QED) is 0.585. The average Bonchev–Trinajstić information content (AvgIpc) is 2.14. The number of rotatable bonds is 2. The van der Waals surface area contributed by atoms with Crippen molar-refractivity contribution in [1.82, 2.24) is 4.98 Å². The molecule has 0 fully saturated rings. The van der Waals surface area contributed by atoms with Crippen LogP contribution >= 0.6 is 33.3 Å². The number of hydrogen-bond acceptors (Lipinski definition) is 4. The van der Waals surface area contributed by atoms with E-state index in [1.54, 1.807) is 22.6 Å². The number of halogens is 4. The molecule has 0 aromatic carbocycles. The summed E-state index contributed by atoms with van der Waals surface area (Å²) in [5, 5.41) is 7.91. The first-order chi connectivity index (χ1) is 7.27. The SMILES string of the molecule is N#Cc1cc(I)c(S(=O)(=O)Cl)nc1C(F)F. The summed E-state index contributed by atoms with van der Waals surface area (Å²) < 4.78 is 46.9. The second-order valence-electron chi connectivity index (χ2n) is 2.56. The third-order valence-corrected chi connectivity index (χ3v) is 3.93. The summed E-state index contributed by atoms with van der Waals surface area (Å²) in [4.78, 5) is 3.21. The van der Waals surface area contributed by atoms with Crippen LogP contribution in [-0.4, -0.2) is 13.4 Å². The lowest BCUT2D eigenvalue weighted by Gasteiger charge is -2.05. The highest BCUT2D eigenvalue weighted by molar-refractivity contribution is 14.1. The molecule has 0 atom stereocenters. The third kappa shape index (κ3) is 2.78. The second-order valence-corrected chi connectivity index (χ2v) is 6.20. The predicted octanol–water partition coefficient (Wildman–Crippen LogP) is 2.42. The molecule has 0 N–H and O–H groups in total. The minimum Gasteiger partial charge on any atom is -0.232 e. The van der Waals surface area contributed by atoms with Crippen molar-refractivity contribution in [2.24, 2.45) is 0 Å². The van der Waals surface area contributed by atoms with Crippen molar-refractivity contribution in [1.29, 1.82) is 5.26 Å². The van der Waals surface area contributed by atoms with Gasteiger partial charge in [-0.05, 0) is 28.7 Å². The molecule has 0 radical (unpaired) electrons. The summed E-state index contributed by atoms with van der Waals surface area (Å²) in [6.45, 7) is 0. The van der Waals surface area contributed by atoms with Crippen molar-refractivity contribution >= 4 is 42.3 Å². The Balaban J connectivity index is 3.60. The first kappa shape index (κ1) is 13.5. The Morgan fingerprint density at radius 1 is 1.56 bits per heavy atom. The van der Waals surface area contributed by atoms with Crippen LogP contribution in [0.5, 0.6) is 0 Å². The van der Waals surface area contributed by atoms with Gasteiger partial charge in [-0.15, -0.1) is 0 Å². The van der Waals surface area contributed by atoms with Gasteiger partial charge in [0.2, 0.25) is 0 Å². The van der Waals surface area contributed by atoms with Crippen molar-refractivity contribution in [2.75, 3.05) is 0 Å². The van der Waals surface area contributed by atoms with E-state index in [2.05, 4.69) is 4.98 Å². The predicted molar refractivity (Wildman–Crippen MR) is 59.7 cm³/mol. The van der Waals surface area contributed by atoms with E-state index in [1.807, 2.05) is 0 Å². The van der Waals surface area contributed by atoms with Crippen LogP contribution in [0.15, 0.2) is 11.1 Å². The van der Waals surface area contributed by atoms with Gasteiger partial charge in [0.1, 0.15) is 11.8 Å². The van der Waals surface area contributed by atoms with Crippen LogP contribution in [-0.2, 0) is 9.05 Å². The zero-order valence-corrected chi connectivity index (χ0v) is 11.0. The lowest BCUT2D eigenvalue weighted by molar-refractivity contribution is 0.145. The molecule has 0 spiro atoms. The van der Waals surface area contributed by atoms with Crippen molar-refractivity contribution in [2.45, 2.75) is 11.5 Å². The number of nitriles is 1. The summed E-state index contributed by atoms with van der Waals surface area (Å²) in [6.07, 6.45) is -3.04. The van der Waals surface area contributed by atoms with Crippen molar-refractivity contribution < 1.29 is 17.2 Å². The van der Waals surface area contributed by atoms with E-state index < -0.39 is 26.2 Å². The van der Waals surface area contributed by atoms with Gasteiger partial charge < -0.3 is 0 Å². The molecule has 1 aromatic rings. The second kappa shape index (κ2) is 4.77. The largest absolute Gasteiger partial charge is 0.281 e. The molecule has 1 heterocycles. The van der Waals surface area contributed by atoms with Crippen LogP contribution in [0.3, 0.4) is 0 Å². The van der Waals surface area contributed by atoms with Gasteiger partial charge in [-0.1, -0.05) is 0 Å². The van der Waals surface area contributed by atoms with Gasteiger partial charge in [0.15, 0.2) is 5.03 Å². The third-order valence-electron chi connectivity index (χ3n) is 1.53. The Kier molecular flexibility index (Phi) is 4.03. The maximum absolute atomic E-state index is 12.5. The summed E-state index contributed by atoms with van der Waals surface area (Å²) in [6, 6.07) is 2.52. The number of alkyl halides is 2. The fourth-order valence-electron chi connectivity index (χ4n) is 0.912. The molecule has 1 aromatic heterocycles. The van der Waals surface area contributed by atoms with Gasteiger partial charge in [-0.3, -0.25) is 0 Å². The molecule has 0 bridgehead atoms. The van der Waals surface area contributed by atoms with Crippen LogP contribution < -0.4 is 0 Å². The molecule has 0 saturated carbocycles. The lowest BCUT2D eigenvalue weighted by Crippen LogP contribution is -2.05. The van der Waals surface area contributed by atoms with E-state index in [0.29, 0.717) is 0 Å². The Labute approximate surface area is 108 Å². The van der Waals surface area contributed by atoms with Gasteiger partial charge >= 0.3 is 0 Å². The Bertz CT molecular complexity index is 570. The topological polar surface area (TPSA) is 70.8 Å². The van der Waals surface area contributed by atoms with Crippen LogP contribution in [0.25, 0.3) is 0 Å². The molecular weight excluding hydrogens is 377 g/mol. The summed E-state index contributed by atoms with van der Waals surface area (Å²) >= 11 is 1.55. The zero-order valence-electron chi connectivity index (χ0n) is 7.29. The first-order valence-corrected chi connectivity index (χ1v) is 6.99. The van der Waals surface area contributed by atoms with E-state index in [0.717, 1.165) is 6.07 Å². The van der Waals surface area contributed by atoms with Gasteiger partial charge in [-0.25, -0.2) is 22.2 Å². The fraction of sp³-hybridized carbons (Fsp3) is 0.143. The summed E-state index contributed by atoms with van der Waals surface area (Å²) in [5.74, 6) is 0. The van der Waals surface area contributed by atoms with Gasteiger partial charge in [0.05, 0.1) is 9.13 Å². The molecule has 86 valence electrons. The lowest BCUT2D eigenvalue weighted by atomic mass is 10.2. The van der Waals surface area contributed by atoms with E-state index in [9.17, 15) is 17.2 Å². The van der Waals surface area contributed by atoms with E-state index >= 15 is 0 Å². The molecule has 0 saturated heterocycles. The molecule has 16 heavy (non-hydrogen) atoms. The van der Waals surface area contributed by atoms with Crippen LogP contribution in [0.4, 0.5) is 8.78 Å². The van der Waals surface area contributed by atoms with Crippen molar-refractivity contribution in [3.05, 3.63) is 20.9 Å². The van der Waals surface area contributed by atoms with E-state index in [1.165, 1.54) is 6.07 Å². The molecule has 0 amide bonds. The molecule has 0 unspecified atom stereocenters. The van der Waals surface area contributed by atoms with Crippen molar-refractivity contribution in [3.8, 4) is 6.07 Å². The monoisotopic (exact) mass is 378 g/mol. The van der Waals surface area contributed by atoms with E-state index in [4.69, 9.17) is 15.9 Å². The van der Waals surface area contributed by atoms with Crippen LogP contribution in [0, 0.1) is 14.9 Å². The molecule has 9 heteroatoms. The highest BCUT2D eigenvalue weighted by atomic mass is 127.